The van der Waals surface area contributed by atoms with E-state index in [4.69, 9.17) is 9.84 Å². The third kappa shape index (κ3) is 4.29. The van der Waals surface area contributed by atoms with Crippen LogP contribution in [0.1, 0.15) is 12.0 Å². The summed E-state index contributed by atoms with van der Waals surface area (Å²) in [5.74, 6) is -1.72. The molecule has 0 bridgehead atoms. The zero-order valence-electron chi connectivity index (χ0n) is 13.9. The van der Waals surface area contributed by atoms with Crippen LogP contribution < -0.4 is 14.8 Å². The Morgan fingerprint density at radius 1 is 1.22 bits per heavy atom. The highest BCUT2D eigenvalue weighted by atomic mass is 32.2. The minimum Gasteiger partial charge on any atom is -0.506 e. The molecule has 1 heterocycles. The highest BCUT2D eigenvalue weighted by Crippen LogP contribution is 2.37. The number of aliphatic carboxylic acids is 1. The number of amides is 1. The van der Waals surface area contributed by atoms with Crippen molar-refractivity contribution < 1.29 is 33.0 Å². The Balaban J connectivity index is 1.81. The molecule has 0 saturated heterocycles. The SMILES string of the molecule is O=C(O)CCc1ccc(NS(=O)(=O)c2cc3c(cc2O)NC(=O)CO3)cc1. The number of rotatable bonds is 6. The van der Waals surface area contributed by atoms with Crippen molar-refractivity contribution in [2.75, 3.05) is 16.6 Å². The third-order valence-electron chi connectivity index (χ3n) is 3.82. The fraction of sp³-hybridized carbons (Fsp3) is 0.176. The lowest BCUT2D eigenvalue weighted by molar-refractivity contribution is -0.137. The minimum absolute atomic E-state index is 0.0232. The summed E-state index contributed by atoms with van der Waals surface area (Å²) in [6, 6.07) is 8.48. The molecule has 1 aliphatic heterocycles. The van der Waals surface area contributed by atoms with E-state index in [1.807, 2.05) is 0 Å². The molecule has 0 aromatic heterocycles. The summed E-state index contributed by atoms with van der Waals surface area (Å²) in [6.45, 7) is -0.248. The molecule has 0 saturated carbocycles. The van der Waals surface area contributed by atoms with Crippen LogP contribution in [0.4, 0.5) is 11.4 Å². The van der Waals surface area contributed by atoms with Gasteiger partial charge in [-0.3, -0.25) is 14.3 Å². The molecule has 2 aromatic carbocycles. The van der Waals surface area contributed by atoms with Crippen molar-refractivity contribution in [2.45, 2.75) is 17.7 Å². The van der Waals surface area contributed by atoms with Gasteiger partial charge in [0.15, 0.2) is 6.61 Å². The number of hydrogen-bond acceptors (Lipinski definition) is 6. The van der Waals surface area contributed by atoms with Gasteiger partial charge >= 0.3 is 5.97 Å². The normalized spacial score (nSPS) is 13.3. The maximum absolute atomic E-state index is 12.6. The van der Waals surface area contributed by atoms with E-state index in [0.29, 0.717) is 6.42 Å². The average molecular weight is 392 g/mol. The standard InChI is InChI=1S/C17H16N2O7S/c20-13-7-12-14(26-9-16(21)18-12)8-15(13)27(24,25)19-11-4-1-10(2-5-11)3-6-17(22)23/h1-2,4-5,7-8,19-20H,3,6,9H2,(H,18,21)(H,22,23). The lowest BCUT2D eigenvalue weighted by Crippen LogP contribution is -2.25. The van der Waals surface area contributed by atoms with Crippen molar-refractivity contribution in [3.05, 3.63) is 42.0 Å². The van der Waals surface area contributed by atoms with Gasteiger partial charge in [-0.25, -0.2) is 8.42 Å². The smallest absolute Gasteiger partial charge is 0.303 e. The number of nitrogens with one attached hydrogen (secondary N) is 2. The van der Waals surface area contributed by atoms with Crippen LogP contribution in [0.2, 0.25) is 0 Å². The highest BCUT2D eigenvalue weighted by molar-refractivity contribution is 7.92. The number of hydrogen-bond donors (Lipinski definition) is 4. The van der Waals surface area contributed by atoms with Crippen LogP contribution in [-0.2, 0) is 26.0 Å². The maximum atomic E-state index is 12.6. The number of sulfonamides is 1. The Kier molecular flexibility index (Phi) is 4.91. The number of anilines is 2. The molecule has 0 fully saturated rings. The number of aryl methyl sites for hydroxylation is 1. The van der Waals surface area contributed by atoms with E-state index in [1.165, 1.54) is 12.1 Å². The molecule has 0 unspecified atom stereocenters. The number of carbonyl (C=O) groups excluding carboxylic acids is 1. The molecule has 10 heteroatoms. The van der Waals surface area contributed by atoms with Gasteiger partial charge in [0.05, 0.1) is 5.69 Å². The molecule has 0 radical (unpaired) electrons. The van der Waals surface area contributed by atoms with Crippen molar-refractivity contribution in [3.63, 3.8) is 0 Å². The largest absolute Gasteiger partial charge is 0.506 e. The number of phenolic OH excluding ortho intramolecular Hbond substituents is 1. The van der Waals surface area contributed by atoms with Gasteiger partial charge in [-0.1, -0.05) is 12.1 Å². The Hall–Kier alpha value is -3.27. The third-order valence-corrected chi connectivity index (χ3v) is 5.23. The second-order valence-corrected chi connectivity index (χ2v) is 7.50. The molecular formula is C17H16N2O7S. The second-order valence-electron chi connectivity index (χ2n) is 5.85. The number of carboxylic acids is 1. The average Bonchev–Trinajstić information content (AvgIpc) is 2.60. The van der Waals surface area contributed by atoms with Crippen LogP contribution in [0, 0.1) is 0 Å². The molecule has 2 aromatic rings. The summed E-state index contributed by atoms with van der Waals surface area (Å²) in [7, 11) is -4.12. The Morgan fingerprint density at radius 3 is 2.59 bits per heavy atom. The molecular weight excluding hydrogens is 376 g/mol. The van der Waals surface area contributed by atoms with Crippen LogP contribution in [0.25, 0.3) is 0 Å². The van der Waals surface area contributed by atoms with Gasteiger partial charge in [0.2, 0.25) is 0 Å². The molecule has 4 N–H and O–H groups in total. The van der Waals surface area contributed by atoms with Gasteiger partial charge in [-0.15, -0.1) is 0 Å². The first kappa shape index (κ1) is 18.5. The quantitative estimate of drug-likeness (QED) is 0.584. The maximum Gasteiger partial charge on any atom is 0.303 e. The van der Waals surface area contributed by atoms with Crippen LogP contribution in [0.3, 0.4) is 0 Å². The number of benzene rings is 2. The number of carboxylic acid groups (broad SMARTS) is 1. The summed E-state index contributed by atoms with van der Waals surface area (Å²) in [5.41, 5.74) is 1.19. The summed E-state index contributed by atoms with van der Waals surface area (Å²) >= 11 is 0. The highest BCUT2D eigenvalue weighted by Gasteiger charge is 2.25. The molecule has 142 valence electrons. The van der Waals surface area contributed by atoms with E-state index in [2.05, 4.69) is 10.0 Å². The number of fused-ring (bicyclic) bond motifs is 1. The number of phenols is 1. The molecule has 0 spiro atoms. The van der Waals surface area contributed by atoms with Crippen LogP contribution in [0.15, 0.2) is 41.3 Å². The second kappa shape index (κ2) is 7.16. The van der Waals surface area contributed by atoms with Crippen molar-refractivity contribution >= 4 is 33.3 Å². The lowest BCUT2D eigenvalue weighted by Gasteiger charge is -2.19. The van der Waals surface area contributed by atoms with E-state index < -0.39 is 32.5 Å². The first-order chi connectivity index (χ1) is 12.7. The van der Waals surface area contributed by atoms with E-state index in [0.717, 1.165) is 17.7 Å². The molecule has 27 heavy (non-hydrogen) atoms. The number of aromatic hydroxyl groups is 1. The monoisotopic (exact) mass is 392 g/mol. The molecule has 0 aliphatic carbocycles. The number of ether oxygens (including phenoxy) is 1. The first-order valence-electron chi connectivity index (χ1n) is 7.88. The van der Waals surface area contributed by atoms with Gasteiger partial charge in [0.25, 0.3) is 15.9 Å². The predicted molar refractivity (Wildman–Crippen MR) is 95.4 cm³/mol. The van der Waals surface area contributed by atoms with Crippen molar-refractivity contribution in [1.29, 1.82) is 0 Å². The molecule has 1 amide bonds. The van der Waals surface area contributed by atoms with Crippen LogP contribution in [0.5, 0.6) is 11.5 Å². The minimum atomic E-state index is -4.12. The summed E-state index contributed by atoms with van der Waals surface area (Å²) in [4.78, 5) is 21.5. The Bertz CT molecular complexity index is 1000. The van der Waals surface area contributed by atoms with E-state index in [-0.39, 0.29) is 30.2 Å². The van der Waals surface area contributed by atoms with E-state index >= 15 is 0 Å². The first-order valence-corrected chi connectivity index (χ1v) is 9.36. The van der Waals surface area contributed by atoms with E-state index in [9.17, 15) is 23.1 Å². The van der Waals surface area contributed by atoms with Crippen LogP contribution in [-0.4, -0.2) is 37.1 Å². The predicted octanol–water partition coefficient (Wildman–Crippen LogP) is 1.54. The van der Waals surface area contributed by atoms with Gasteiger partial charge < -0.3 is 20.3 Å². The fourth-order valence-corrected chi connectivity index (χ4v) is 3.67. The molecule has 9 nitrogen and oxygen atoms in total. The number of carbonyl (C=O) groups is 2. The van der Waals surface area contributed by atoms with Crippen molar-refractivity contribution in [2.24, 2.45) is 0 Å². The van der Waals surface area contributed by atoms with Gasteiger partial charge in [-0.05, 0) is 24.1 Å². The summed E-state index contributed by atoms with van der Waals surface area (Å²) in [6.07, 6.45) is 0.307. The van der Waals surface area contributed by atoms with Gasteiger partial charge in [-0.2, -0.15) is 0 Å². The molecule has 3 rings (SSSR count). The Morgan fingerprint density at radius 2 is 1.93 bits per heavy atom. The fourth-order valence-electron chi connectivity index (χ4n) is 2.51. The van der Waals surface area contributed by atoms with Crippen molar-refractivity contribution in [1.82, 2.24) is 0 Å². The van der Waals surface area contributed by atoms with Crippen molar-refractivity contribution in [3.8, 4) is 11.5 Å². The molecule has 1 aliphatic rings. The molecule has 0 atom stereocenters. The Labute approximate surface area is 154 Å². The topological polar surface area (TPSA) is 142 Å². The zero-order valence-corrected chi connectivity index (χ0v) is 14.7. The van der Waals surface area contributed by atoms with Gasteiger partial charge in [0.1, 0.15) is 16.4 Å². The van der Waals surface area contributed by atoms with E-state index in [1.54, 1.807) is 12.1 Å². The summed E-state index contributed by atoms with van der Waals surface area (Å²) < 4.78 is 32.7. The summed E-state index contributed by atoms with van der Waals surface area (Å²) in [5, 5.41) is 21.2. The lowest BCUT2D eigenvalue weighted by atomic mass is 10.1. The van der Waals surface area contributed by atoms with Gasteiger partial charge in [0, 0.05) is 24.2 Å². The van der Waals surface area contributed by atoms with Crippen LogP contribution >= 0.6 is 0 Å². The zero-order chi connectivity index (χ0) is 19.6.